The molecule has 1 aliphatic carbocycles. The highest BCUT2D eigenvalue weighted by Gasteiger charge is 2.47. The highest BCUT2D eigenvalue weighted by Crippen LogP contribution is 2.40. The van der Waals surface area contributed by atoms with E-state index in [1.807, 2.05) is 25.1 Å². The van der Waals surface area contributed by atoms with E-state index in [-0.39, 0.29) is 11.7 Å². The Morgan fingerprint density at radius 2 is 2.12 bits per heavy atom. The average Bonchev–Trinajstić information content (AvgIpc) is 3.06. The number of Topliss-reactive ketones (excluding diaryl/α,β-unsaturated/α-hetero) is 1. The van der Waals surface area contributed by atoms with Crippen molar-refractivity contribution in [1.82, 2.24) is 0 Å². The quantitative estimate of drug-likeness (QED) is 0.846. The molecule has 3 nitrogen and oxygen atoms in total. The molecule has 0 aromatic heterocycles. The van der Waals surface area contributed by atoms with Gasteiger partial charge in [0.25, 0.3) is 0 Å². The maximum atomic E-state index is 11.7. The first-order chi connectivity index (χ1) is 8.08. The normalized spacial score (nSPS) is 22.2. The fraction of sp³-hybridized carbons (Fsp3) is 0.429. The predicted molar refractivity (Wildman–Crippen MR) is 63.7 cm³/mol. The van der Waals surface area contributed by atoms with Crippen LogP contribution in [0.3, 0.4) is 0 Å². The molecular formula is C14H16O3. The van der Waals surface area contributed by atoms with E-state index in [2.05, 4.69) is 6.07 Å². The monoisotopic (exact) mass is 232 g/mol. The van der Waals surface area contributed by atoms with Gasteiger partial charge in [0.2, 0.25) is 0 Å². The van der Waals surface area contributed by atoms with Crippen molar-refractivity contribution in [3.05, 3.63) is 35.4 Å². The second-order valence-electron chi connectivity index (χ2n) is 4.74. The van der Waals surface area contributed by atoms with Crippen molar-refractivity contribution >= 4 is 11.8 Å². The Kier molecular flexibility index (Phi) is 3.27. The average molecular weight is 232 g/mol. The molecule has 1 aliphatic rings. The molecule has 90 valence electrons. The zero-order valence-corrected chi connectivity index (χ0v) is 9.85. The molecule has 1 saturated carbocycles. The first-order valence-electron chi connectivity index (χ1n) is 5.89. The second kappa shape index (κ2) is 4.70. The second-order valence-corrected chi connectivity index (χ2v) is 4.74. The SMILES string of the molecule is Cc1cccc(CCC(=O)[C@@H]2C[C@H]2C(=O)O)c1. The summed E-state index contributed by atoms with van der Waals surface area (Å²) in [6, 6.07) is 8.07. The molecule has 0 radical (unpaired) electrons. The fourth-order valence-electron chi connectivity index (χ4n) is 2.14. The molecule has 0 aliphatic heterocycles. The van der Waals surface area contributed by atoms with Gasteiger partial charge in [-0.1, -0.05) is 29.8 Å². The van der Waals surface area contributed by atoms with Gasteiger partial charge >= 0.3 is 5.97 Å². The Balaban J connectivity index is 1.83. The number of rotatable bonds is 5. The van der Waals surface area contributed by atoms with Gasteiger partial charge in [0.05, 0.1) is 5.92 Å². The van der Waals surface area contributed by atoms with E-state index in [0.717, 1.165) is 5.56 Å². The maximum Gasteiger partial charge on any atom is 0.307 e. The lowest BCUT2D eigenvalue weighted by molar-refractivity contribution is -0.140. The van der Waals surface area contributed by atoms with Gasteiger partial charge in [0, 0.05) is 12.3 Å². The number of carboxylic acids is 1. The fourth-order valence-corrected chi connectivity index (χ4v) is 2.14. The molecule has 0 bridgehead atoms. The summed E-state index contributed by atoms with van der Waals surface area (Å²) in [4.78, 5) is 22.4. The first kappa shape index (κ1) is 11.8. The van der Waals surface area contributed by atoms with Crippen molar-refractivity contribution in [2.75, 3.05) is 0 Å². The van der Waals surface area contributed by atoms with E-state index in [1.165, 1.54) is 5.56 Å². The molecule has 0 spiro atoms. The van der Waals surface area contributed by atoms with Crippen molar-refractivity contribution < 1.29 is 14.7 Å². The summed E-state index contributed by atoms with van der Waals surface area (Å²) in [5.41, 5.74) is 2.33. The van der Waals surface area contributed by atoms with Crippen LogP contribution in [-0.4, -0.2) is 16.9 Å². The molecule has 0 unspecified atom stereocenters. The molecule has 2 rings (SSSR count). The van der Waals surface area contributed by atoms with E-state index in [0.29, 0.717) is 19.3 Å². The molecule has 1 N–H and O–H groups in total. The third-order valence-corrected chi connectivity index (χ3v) is 3.26. The molecule has 1 aromatic rings. The van der Waals surface area contributed by atoms with Gasteiger partial charge < -0.3 is 5.11 Å². The number of aliphatic carboxylic acids is 1. The number of carbonyl (C=O) groups excluding carboxylic acids is 1. The zero-order valence-electron chi connectivity index (χ0n) is 9.85. The lowest BCUT2D eigenvalue weighted by Crippen LogP contribution is -2.08. The third-order valence-electron chi connectivity index (χ3n) is 3.26. The predicted octanol–water partition coefficient (Wildman–Crippen LogP) is 2.22. The van der Waals surface area contributed by atoms with Crippen molar-refractivity contribution in [2.24, 2.45) is 11.8 Å². The number of benzene rings is 1. The van der Waals surface area contributed by atoms with E-state index in [1.54, 1.807) is 0 Å². The van der Waals surface area contributed by atoms with Crippen molar-refractivity contribution in [3.63, 3.8) is 0 Å². The molecule has 0 heterocycles. The number of carboxylic acid groups (broad SMARTS) is 1. The van der Waals surface area contributed by atoms with Crippen LogP contribution in [0.4, 0.5) is 0 Å². The van der Waals surface area contributed by atoms with Crippen LogP contribution in [0.2, 0.25) is 0 Å². The minimum atomic E-state index is -0.834. The topological polar surface area (TPSA) is 54.4 Å². The molecule has 1 aromatic carbocycles. The Labute approximate surface area is 100 Å². The minimum Gasteiger partial charge on any atom is -0.481 e. The van der Waals surface area contributed by atoms with Crippen molar-refractivity contribution in [1.29, 1.82) is 0 Å². The molecule has 3 heteroatoms. The number of aryl methyl sites for hydroxylation is 2. The molecule has 2 atom stereocenters. The third kappa shape index (κ3) is 2.93. The van der Waals surface area contributed by atoms with E-state index >= 15 is 0 Å². The molecule has 0 amide bonds. The number of ketones is 1. The Morgan fingerprint density at radius 1 is 1.35 bits per heavy atom. The van der Waals surface area contributed by atoms with Gasteiger partial charge in [0.1, 0.15) is 5.78 Å². The summed E-state index contributed by atoms with van der Waals surface area (Å²) in [6.45, 7) is 2.02. The first-order valence-corrected chi connectivity index (χ1v) is 5.89. The lowest BCUT2D eigenvalue weighted by atomic mass is 10.0. The summed E-state index contributed by atoms with van der Waals surface area (Å²) >= 11 is 0. The minimum absolute atomic E-state index is 0.0962. The summed E-state index contributed by atoms with van der Waals surface area (Å²) in [5, 5.41) is 8.74. The van der Waals surface area contributed by atoms with Crippen LogP contribution in [0.1, 0.15) is 24.0 Å². The lowest BCUT2D eigenvalue weighted by Gasteiger charge is -2.02. The number of carbonyl (C=O) groups is 2. The van der Waals surface area contributed by atoms with Crippen molar-refractivity contribution in [3.8, 4) is 0 Å². The van der Waals surface area contributed by atoms with Crippen LogP contribution in [0.5, 0.6) is 0 Å². The molecule has 17 heavy (non-hydrogen) atoms. The summed E-state index contributed by atoms with van der Waals surface area (Å²) in [7, 11) is 0. The Bertz CT molecular complexity index is 451. The van der Waals surface area contributed by atoms with Gasteiger partial charge in [0.15, 0.2) is 0 Å². The van der Waals surface area contributed by atoms with Crippen LogP contribution >= 0.6 is 0 Å². The van der Waals surface area contributed by atoms with Crippen molar-refractivity contribution in [2.45, 2.75) is 26.2 Å². The summed E-state index contributed by atoms with van der Waals surface area (Å²) in [5.74, 6) is -1.38. The highest BCUT2D eigenvalue weighted by molar-refractivity contribution is 5.90. The molecule has 1 fully saturated rings. The number of hydrogen-bond donors (Lipinski definition) is 1. The van der Waals surface area contributed by atoms with Gasteiger partial charge in [-0.2, -0.15) is 0 Å². The van der Waals surface area contributed by atoms with Crippen LogP contribution in [-0.2, 0) is 16.0 Å². The Hall–Kier alpha value is -1.64. The number of hydrogen-bond acceptors (Lipinski definition) is 2. The van der Waals surface area contributed by atoms with Gasteiger partial charge in [-0.05, 0) is 25.3 Å². The molecular weight excluding hydrogens is 216 g/mol. The van der Waals surface area contributed by atoms with E-state index < -0.39 is 11.9 Å². The van der Waals surface area contributed by atoms with Gasteiger partial charge in [-0.15, -0.1) is 0 Å². The summed E-state index contributed by atoms with van der Waals surface area (Å²) < 4.78 is 0. The standard InChI is InChI=1S/C14H16O3/c1-9-3-2-4-10(7-9)5-6-13(15)11-8-12(11)14(16)17/h2-4,7,11-12H,5-6,8H2,1H3,(H,16,17)/t11-,12-/m1/s1. The zero-order chi connectivity index (χ0) is 12.4. The van der Waals surface area contributed by atoms with Crippen LogP contribution < -0.4 is 0 Å². The maximum absolute atomic E-state index is 11.7. The van der Waals surface area contributed by atoms with Crippen LogP contribution in [0.25, 0.3) is 0 Å². The van der Waals surface area contributed by atoms with Crippen LogP contribution in [0, 0.1) is 18.8 Å². The van der Waals surface area contributed by atoms with E-state index in [4.69, 9.17) is 5.11 Å². The van der Waals surface area contributed by atoms with Gasteiger partial charge in [-0.25, -0.2) is 0 Å². The van der Waals surface area contributed by atoms with Gasteiger partial charge in [-0.3, -0.25) is 9.59 Å². The van der Waals surface area contributed by atoms with E-state index in [9.17, 15) is 9.59 Å². The molecule has 0 saturated heterocycles. The summed E-state index contributed by atoms with van der Waals surface area (Å²) in [6.07, 6.45) is 1.70. The van der Waals surface area contributed by atoms with Crippen LogP contribution in [0.15, 0.2) is 24.3 Å². The largest absolute Gasteiger partial charge is 0.481 e. The highest BCUT2D eigenvalue weighted by atomic mass is 16.4. The smallest absolute Gasteiger partial charge is 0.307 e. The Morgan fingerprint density at radius 3 is 2.71 bits per heavy atom.